The number of rotatable bonds is 7. The monoisotopic (exact) mass is 426 g/mol. The van der Waals surface area contributed by atoms with Crippen molar-refractivity contribution >= 4 is 11.7 Å². The number of Topliss-reactive ketones (excluding diaryl/α,β-unsaturated/α-hetero) is 1. The number of halogens is 1. The van der Waals surface area contributed by atoms with E-state index in [4.69, 9.17) is 9.47 Å². The molecule has 1 unspecified atom stereocenters. The van der Waals surface area contributed by atoms with Gasteiger partial charge in [-0.15, -0.1) is 0 Å². The van der Waals surface area contributed by atoms with Crippen LogP contribution in [-0.4, -0.2) is 46.7 Å². The van der Waals surface area contributed by atoms with Crippen LogP contribution in [-0.2, 0) is 27.2 Å². The van der Waals surface area contributed by atoms with Crippen LogP contribution in [0, 0.1) is 5.82 Å². The van der Waals surface area contributed by atoms with E-state index in [1.807, 2.05) is 6.07 Å². The highest BCUT2D eigenvalue weighted by Crippen LogP contribution is 2.32. The maximum absolute atomic E-state index is 13.3. The van der Waals surface area contributed by atoms with Crippen molar-refractivity contribution in [2.24, 2.45) is 4.99 Å². The Morgan fingerprint density at radius 2 is 2.13 bits per heavy atom. The lowest BCUT2D eigenvalue weighted by molar-refractivity contribution is -0.120. The molecule has 0 radical (unpaired) electrons. The zero-order valence-corrected chi connectivity index (χ0v) is 17.8. The number of hydrogen-bond donors (Lipinski definition) is 1. The van der Waals surface area contributed by atoms with E-state index in [0.29, 0.717) is 31.4 Å². The third-order valence-electron chi connectivity index (χ3n) is 5.77. The number of fused-ring (bicyclic) bond motifs is 1. The Balaban J connectivity index is 1.42. The van der Waals surface area contributed by atoms with Crippen LogP contribution < -0.4 is 0 Å². The predicted molar refractivity (Wildman–Crippen MR) is 114 cm³/mol. The number of benzene rings is 1. The van der Waals surface area contributed by atoms with Gasteiger partial charge < -0.3 is 14.6 Å². The van der Waals surface area contributed by atoms with Crippen molar-refractivity contribution in [3.05, 3.63) is 64.7 Å². The topological polar surface area (TPSA) is 81.0 Å². The van der Waals surface area contributed by atoms with Gasteiger partial charge in [0.25, 0.3) is 0 Å². The van der Waals surface area contributed by atoms with E-state index >= 15 is 0 Å². The maximum Gasteiger partial charge on any atom is 0.218 e. The molecule has 1 aromatic carbocycles. The van der Waals surface area contributed by atoms with Crippen molar-refractivity contribution in [1.29, 1.82) is 0 Å². The molecule has 3 heterocycles. The fourth-order valence-electron chi connectivity index (χ4n) is 4.05. The maximum atomic E-state index is 13.3. The number of ketones is 1. The average Bonchev–Trinajstić information content (AvgIpc) is 3.36. The molecule has 1 N–H and O–H groups in total. The van der Waals surface area contributed by atoms with Crippen LogP contribution in [0.5, 0.6) is 0 Å². The fraction of sp³-hybridized carbons (Fsp3) is 0.458. The second kappa shape index (κ2) is 8.85. The molecule has 0 saturated carbocycles. The summed E-state index contributed by atoms with van der Waals surface area (Å²) in [6.45, 7) is 5.11. The fourth-order valence-corrected chi connectivity index (χ4v) is 4.05. The van der Waals surface area contributed by atoms with Gasteiger partial charge in [-0.2, -0.15) is 0 Å². The summed E-state index contributed by atoms with van der Waals surface area (Å²) in [6.07, 6.45) is 2.89. The third-order valence-corrected chi connectivity index (χ3v) is 5.77. The minimum absolute atomic E-state index is 0.0242. The summed E-state index contributed by atoms with van der Waals surface area (Å²) >= 11 is 0. The van der Waals surface area contributed by atoms with Crippen LogP contribution in [0.2, 0.25) is 0 Å². The molecule has 6 nitrogen and oxygen atoms in total. The standard InChI is InChI=1S/C24H27FN2O4/c1-24(2,29)22(15-3-5-17(25)6-4-15)11-19(28)10-18-9-16-12-27-23(21(16)13-26-18)31-20-7-8-30-14-20/h3-6,9,13,20,22,29H,7-8,10-12,14H2,1-2H3/t20?,22-/m0/s1. The van der Waals surface area contributed by atoms with Gasteiger partial charge in [0.15, 0.2) is 0 Å². The first-order valence-electron chi connectivity index (χ1n) is 10.6. The predicted octanol–water partition coefficient (Wildman–Crippen LogP) is 3.34. The number of carbonyl (C=O) groups is 1. The molecule has 0 spiro atoms. The summed E-state index contributed by atoms with van der Waals surface area (Å²) < 4.78 is 24.6. The van der Waals surface area contributed by atoms with Gasteiger partial charge in [0, 0.05) is 37.1 Å². The first-order valence-corrected chi connectivity index (χ1v) is 10.6. The highest BCUT2D eigenvalue weighted by molar-refractivity contribution is 5.97. The number of nitrogens with zero attached hydrogens (tertiary/aromatic N) is 2. The van der Waals surface area contributed by atoms with E-state index in [9.17, 15) is 14.3 Å². The molecule has 4 rings (SSSR count). The summed E-state index contributed by atoms with van der Waals surface area (Å²) in [5.74, 6) is -0.235. The number of aliphatic hydroxyl groups is 1. The van der Waals surface area contributed by atoms with Gasteiger partial charge >= 0.3 is 0 Å². The average molecular weight is 426 g/mol. The van der Waals surface area contributed by atoms with Gasteiger partial charge in [0.1, 0.15) is 17.7 Å². The molecule has 2 aromatic rings. The van der Waals surface area contributed by atoms with Crippen molar-refractivity contribution in [3.8, 4) is 0 Å². The molecule has 2 aliphatic rings. The Hall–Kier alpha value is -2.64. The number of aromatic nitrogens is 1. The highest BCUT2D eigenvalue weighted by atomic mass is 19.1. The summed E-state index contributed by atoms with van der Waals surface area (Å²) in [6, 6.07) is 7.82. The zero-order chi connectivity index (χ0) is 22.0. The first kappa shape index (κ1) is 21.6. The molecule has 31 heavy (non-hydrogen) atoms. The van der Waals surface area contributed by atoms with E-state index < -0.39 is 11.5 Å². The van der Waals surface area contributed by atoms with Gasteiger partial charge in [-0.1, -0.05) is 12.1 Å². The molecule has 1 fully saturated rings. The number of pyridine rings is 1. The van der Waals surface area contributed by atoms with Crippen molar-refractivity contribution in [1.82, 2.24) is 4.98 Å². The molecule has 0 aliphatic carbocycles. The molecular formula is C24H27FN2O4. The summed E-state index contributed by atoms with van der Waals surface area (Å²) in [7, 11) is 0. The minimum Gasteiger partial charge on any atom is -0.472 e. The zero-order valence-electron chi connectivity index (χ0n) is 17.8. The first-order chi connectivity index (χ1) is 14.8. The lowest BCUT2D eigenvalue weighted by atomic mass is 9.80. The van der Waals surface area contributed by atoms with Gasteiger partial charge in [0.05, 0.1) is 30.9 Å². The van der Waals surface area contributed by atoms with Gasteiger partial charge in [-0.25, -0.2) is 9.38 Å². The van der Waals surface area contributed by atoms with E-state index in [2.05, 4.69) is 9.98 Å². The van der Waals surface area contributed by atoms with E-state index in [1.165, 1.54) is 12.1 Å². The Bertz CT molecular complexity index is 976. The van der Waals surface area contributed by atoms with Gasteiger partial charge in [-0.3, -0.25) is 9.78 Å². The molecular weight excluding hydrogens is 399 g/mol. The molecule has 2 aliphatic heterocycles. The largest absolute Gasteiger partial charge is 0.472 e. The lowest BCUT2D eigenvalue weighted by Gasteiger charge is -2.29. The van der Waals surface area contributed by atoms with E-state index in [-0.39, 0.29) is 30.5 Å². The summed E-state index contributed by atoms with van der Waals surface area (Å²) in [5.41, 5.74) is 2.13. The van der Waals surface area contributed by atoms with Crippen molar-refractivity contribution in [2.45, 2.75) is 57.3 Å². The number of hydrogen-bond acceptors (Lipinski definition) is 6. The van der Waals surface area contributed by atoms with Gasteiger partial charge in [-0.05, 0) is 43.2 Å². The lowest BCUT2D eigenvalue weighted by Crippen LogP contribution is -2.31. The van der Waals surface area contributed by atoms with Gasteiger partial charge in [0.2, 0.25) is 5.90 Å². The van der Waals surface area contributed by atoms with Crippen LogP contribution in [0.25, 0.3) is 0 Å². The third kappa shape index (κ3) is 5.17. The number of ether oxygens (including phenoxy) is 2. The quantitative estimate of drug-likeness (QED) is 0.734. The molecule has 0 amide bonds. The van der Waals surface area contributed by atoms with Crippen molar-refractivity contribution in [2.75, 3.05) is 13.2 Å². The van der Waals surface area contributed by atoms with Crippen LogP contribution in [0.15, 0.2) is 41.5 Å². The smallest absolute Gasteiger partial charge is 0.218 e. The van der Waals surface area contributed by atoms with E-state index in [0.717, 1.165) is 23.1 Å². The SMILES string of the molecule is CC(C)(O)[C@@H](CC(=O)Cc1cc2c(cn1)C(OC1CCOC1)=NC2)c1ccc(F)cc1. The molecule has 1 saturated heterocycles. The molecule has 2 atom stereocenters. The van der Waals surface area contributed by atoms with Crippen LogP contribution in [0.3, 0.4) is 0 Å². The molecule has 1 aromatic heterocycles. The second-order valence-corrected chi connectivity index (χ2v) is 8.73. The minimum atomic E-state index is -1.12. The number of carbonyl (C=O) groups excluding carboxylic acids is 1. The van der Waals surface area contributed by atoms with Crippen LogP contribution >= 0.6 is 0 Å². The highest BCUT2D eigenvalue weighted by Gasteiger charge is 2.31. The Morgan fingerprint density at radius 1 is 1.35 bits per heavy atom. The van der Waals surface area contributed by atoms with Crippen LogP contribution in [0.4, 0.5) is 4.39 Å². The Morgan fingerprint density at radius 3 is 2.81 bits per heavy atom. The van der Waals surface area contributed by atoms with Crippen molar-refractivity contribution < 1.29 is 23.8 Å². The van der Waals surface area contributed by atoms with E-state index in [1.54, 1.807) is 32.2 Å². The molecule has 0 bridgehead atoms. The Kier molecular flexibility index (Phi) is 6.16. The molecule has 164 valence electrons. The number of aliphatic imine (C=N–C) groups is 1. The van der Waals surface area contributed by atoms with Crippen LogP contribution in [0.1, 0.15) is 55.0 Å². The summed E-state index contributed by atoms with van der Waals surface area (Å²) in [5, 5.41) is 10.6. The second-order valence-electron chi connectivity index (χ2n) is 8.73. The summed E-state index contributed by atoms with van der Waals surface area (Å²) in [4.78, 5) is 21.7. The Labute approximate surface area is 181 Å². The molecule has 7 heteroatoms. The normalized spacial score (nSPS) is 19.1. The van der Waals surface area contributed by atoms with Crippen molar-refractivity contribution in [3.63, 3.8) is 0 Å².